The summed E-state index contributed by atoms with van der Waals surface area (Å²) in [6.45, 7) is 3.15. The van der Waals surface area contributed by atoms with Crippen molar-refractivity contribution in [3.05, 3.63) is 30.1 Å². The zero-order chi connectivity index (χ0) is 13.0. The van der Waals surface area contributed by atoms with Crippen molar-refractivity contribution >= 4 is 0 Å². The predicted molar refractivity (Wildman–Crippen MR) is 70.1 cm³/mol. The van der Waals surface area contributed by atoms with E-state index in [1.165, 1.54) is 5.56 Å². The minimum Gasteiger partial charge on any atom is -0.353 e. The van der Waals surface area contributed by atoms with Gasteiger partial charge in [0, 0.05) is 45.5 Å². The van der Waals surface area contributed by atoms with Crippen LogP contribution in [0.4, 0.5) is 0 Å². The standard InChI is InChI=1S/C14H22N2O2/c1-11(13-5-4-6-15-10-13)16-9-12-7-14(8-12,17-2)18-3/h4-6,10-12,16H,7-9H2,1-3H3. The molecule has 1 N–H and O–H groups in total. The summed E-state index contributed by atoms with van der Waals surface area (Å²) in [7, 11) is 3.43. The summed E-state index contributed by atoms with van der Waals surface area (Å²) in [6, 6.07) is 4.40. The molecule has 1 aliphatic rings. The van der Waals surface area contributed by atoms with Crippen LogP contribution in [0.3, 0.4) is 0 Å². The summed E-state index contributed by atoms with van der Waals surface area (Å²) in [6.07, 6.45) is 5.64. The minimum atomic E-state index is -0.329. The van der Waals surface area contributed by atoms with Crippen LogP contribution in [-0.2, 0) is 9.47 Å². The Kier molecular flexibility index (Phi) is 4.32. The number of pyridine rings is 1. The topological polar surface area (TPSA) is 43.4 Å². The second-order valence-corrected chi connectivity index (χ2v) is 5.01. The smallest absolute Gasteiger partial charge is 0.168 e. The van der Waals surface area contributed by atoms with E-state index >= 15 is 0 Å². The average Bonchev–Trinajstić information content (AvgIpc) is 2.39. The molecule has 0 bridgehead atoms. The summed E-state index contributed by atoms with van der Waals surface area (Å²) >= 11 is 0. The lowest BCUT2D eigenvalue weighted by molar-refractivity contribution is -0.269. The van der Waals surface area contributed by atoms with Crippen molar-refractivity contribution in [2.24, 2.45) is 5.92 Å². The Morgan fingerprint density at radius 1 is 1.44 bits per heavy atom. The molecule has 1 saturated carbocycles. The molecule has 0 radical (unpaired) electrons. The molecule has 0 amide bonds. The van der Waals surface area contributed by atoms with Crippen LogP contribution in [0.2, 0.25) is 0 Å². The molecule has 1 unspecified atom stereocenters. The van der Waals surface area contributed by atoms with Crippen LogP contribution in [0.15, 0.2) is 24.5 Å². The van der Waals surface area contributed by atoms with Crippen molar-refractivity contribution in [1.82, 2.24) is 10.3 Å². The molecule has 0 aliphatic heterocycles. The van der Waals surface area contributed by atoms with Gasteiger partial charge in [-0.15, -0.1) is 0 Å². The summed E-state index contributed by atoms with van der Waals surface area (Å²) in [5.74, 6) is 0.299. The fourth-order valence-corrected chi connectivity index (χ4v) is 2.47. The molecule has 0 aromatic carbocycles. The SMILES string of the molecule is COC1(OC)CC(CNC(C)c2cccnc2)C1. The molecule has 1 atom stereocenters. The van der Waals surface area contributed by atoms with E-state index in [1.807, 2.05) is 12.3 Å². The highest BCUT2D eigenvalue weighted by Crippen LogP contribution is 2.40. The molecule has 4 heteroatoms. The number of nitrogens with zero attached hydrogens (tertiary/aromatic N) is 1. The number of aromatic nitrogens is 1. The van der Waals surface area contributed by atoms with Gasteiger partial charge in [-0.2, -0.15) is 0 Å². The van der Waals surface area contributed by atoms with Gasteiger partial charge in [-0.25, -0.2) is 0 Å². The largest absolute Gasteiger partial charge is 0.353 e. The molecule has 1 aliphatic carbocycles. The normalized spacial score (nSPS) is 20.4. The van der Waals surface area contributed by atoms with Crippen LogP contribution in [0, 0.1) is 5.92 Å². The fraction of sp³-hybridized carbons (Fsp3) is 0.643. The van der Waals surface area contributed by atoms with Gasteiger partial charge in [0.15, 0.2) is 5.79 Å². The number of methoxy groups -OCH3 is 2. The maximum Gasteiger partial charge on any atom is 0.168 e. The Labute approximate surface area is 109 Å². The molecule has 2 rings (SSSR count). The Bertz CT molecular complexity index is 357. The van der Waals surface area contributed by atoms with Gasteiger partial charge in [0.05, 0.1) is 0 Å². The van der Waals surface area contributed by atoms with E-state index in [2.05, 4.69) is 23.3 Å². The van der Waals surface area contributed by atoms with Crippen molar-refractivity contribution in [2.45, 2.75) is 31.6 Å². The molecular formula is C14H22N2O2. The van der Waals surface area contributed by atoms with E-state index < -0.39 is 0 Å². The molecule has 1 fully saturated rings. The molecule has 1 aromatic rings. The maximum absolute atomic E-state index is 5.38. The van der Waals surface area contributed by atoms with E-state index in [9.17, 15) is 0 Å². The third kappa shape index (κ3) is 2.88. The number of hydrogen-bond acceptors (Lipinski definition) is 4. The van der Waals surface area contributed by atoms with Crippen molar-refractivity contribution < 1.29 is 9.47 Å². The highest BCUT2D eigenvalue weighted by atomic mass is 16.7. The summed E-state index contributed by atoms with van der Waals surface area (Å²) in [5.41, 5.74) is 1.22. The van der Waals surface area contributed by atoms with Gasteiger partial charge in [0.1, 0.15) is 0 Å². The van der Waals surface area contributed by atoms with Crippen LogP contribution in [-0.4, -0.2) is 31.5 Å². The number of rotatable bonds is 6. The van der Waals surface area contributed by atoms with Crippen LogP contribution < -0.4 is 5.32 Å². The van der Waals surface area contributed by atoms with Gasteiger partial charge in [-0.3, -0.25) is 4.98 Å². The molecule has 0 saturated heterocycles. The van der Waals surface area contributed by atoms with Crippen LogP contribution in [0.5, 0.6) is 0 Å². The van der Waals surface area contributed by atoms with Crippen LogP contribution in [0.25, 0.3) is 0 Å². The number of ether oxygens (including phenoxy) is 2. The highest BCUT2D eigenvalue weighted by molar-refractivity contribution is 5.12. The maximum atomic E-state index is 5.38. The molecular weight excluding hydrogens is 228 g/mol. The zero-order valence-electron chi connectivity index (χ0n) is 11.3. The molecule has 18 heavy (non-hydrogen) atoms. The summed E-state index contributed by atoms with van der Waals surface area (Å²) < 4.78 is 10.8. The third-order valence-corrected chi connectivity index (χ3v) is 3.84. The number of hydrogen-bond donors (Lipinski definition) is 1. The molecule has 0 spiro atoms. The Morgan fingerprint density at radius 3 is 2.72 bits per heavy atom. The Morgan fingerprint density at radius 2 is 2.17 bits per heavy atom. The van der Waals surface area contributed by atoms with Gasteiger partial charge in [0.2, 0.25) is 0 Å². The first-order valence-electron chi connectivity index (χ1n) is 6.43. The van der Waals surface area contributed by atoms with Crippen molar-refractivity contribution in [3.63, 3.8) is 0 Å². The van der Waals surface area contributed by atoms with Gasteiger partial charge < -0.3 is 14.8 Å². The first kappa shape index (κ1) is 13.5. The van der Waals surface area contributed by atoms with Gasteiger partial charge in [-0.05, 0) is 31.0 Å². The lowest BCUT2D eigenvalue weighted by Gasteiger charge is -2.45. The van der Waals surface area contributed by atoms with Crippen LogP contribution in [0.1, 0.15) is 31.4 Å². The van der Waals surface area contributed by atoms with Gasteiger partial charge >= 0.3 is 0 Å². The van der Waals surface area contributed by atoms with E-state index in [1.54, 1.807) is 20.4 Å². The Hall–Kier alpha value is -0.970. The quantitative estimate of drug-likeness (QED) is 0.785. The molecule has 1 heterocycles. The third-order valence-electron chi connectivity index (χ3n) is 3.84. The first-order chi connectivity index (χ1) is 8.69. The average molecular weight is 250 g/mol. The van der Waals surface area contributed by atoms with Gasteiger partial charge in [-0.1, -0.05) is 6.07 Å². The van der Waals surface area contributed by atoms with E-state index in [-0.39, 0.29) is 5.79 Å². The predicted octanol–water partition coefficient (Wildman–Crippen LogP) is 2.13. The molecule has 4 nitrogen and oxygen atoms in total. The number of nitrogens with one attached hydrogen (secondary N) is 1. The summed E-state index contributed by atoms with van der Waals surface area (Å²) in [4.78, 5) is 4.14. The lowest BCUT2D eigenvalue weighted by atomic mass is 9.78. The van der Waals surface area contributed by atoms with Crippen molar-refractivity contribution in [3.8, 4) is 0 Å². The molecule has 100 valence electrons. The lowest BCUT2D eigenvalue weighted by Crippen LogP contribution is -2.50. The van der Waals surface area contributed by atoms with E-state index in [0.717, 1.165) is 19.4 Å². The van der Waals surface area contributed by atoms with Crippen molar-refractivity contribution in [2.75, 3.05) is 20.8 Å². The second kappa shape index (κ2) is 5.78. The van der Waals surface area contributed by atoms with E-state index in [4.69, 9.17) is 9.47 Å². The monoisotopic (exact) mass is 250 g/mol. The minimum absolute atomic E-state index is 0.329. The second-order valence-electron chi connectivity index (χ2n) is 5.01. The molecule has 1 aromatic heterocycles. The van der Waals surface area contributed by atoms with Crippen LogP contribution >= 0.6 is 0 Å². The first-order valence-corrected chi connectivity index (χ1v) is 6.43. The van der Waals surface area contributed by atoms with Gasteiger partial charge in [0.25, 0.3) is 0 Å². The van der Waals surface area contributed by atoms with E-state index in [0.29, 0.717) is 12.0 Å². The van der Waals surface area contributed by atoms with Crippen molar-refractivity contribution in [1.29, 1.82) is 0 Å². The Balaban J connectivity index is 1.74. The summed E-state index contributed by atoms with van der Waals surface area (Å²) in [5, 5.41) is 3.54. The highest BCUT2D eigenvalue weighted by Gasteiger charge is 2.44. The fourth-order valence-electron chi connectivity index (χ4n) is 2.47. The zero-order valence-corrected chi connectivity index (χ0v) is 11.3.